The lowest BCUT2D eigenvalue weighted by Crippen LogP contribution is -2.05. The molecular weight excluding hydrogens is 279 g/mol. The van der Waals surface area contributed by atoms with Crippen molar-refractivity contribution in [2.45, 2.75) is 26.4 Å². The zero-order valence-electron chi connectivity index (χ0n) is 10.8. The van der Waals surface area contributed by atoms with Gasteiger partial charge in [0, 0.05) is 17.5 Å². The molecule has 1 atom stereocenters. The molecule has 0 radical (unpaired) electrons. The van der Waals surface area contributed by atoms with Gasteiger partial charge < -0.3 is 4.74 Å². The summed E-state index contributed by atoms with van der Waals surface area (Å²) >= 11 is 12.6. The molecule has 1 heterocycles. The highest BCUT2D eigenvalue weighted by Gasteiger charge is 2.25. The summed E-state index contributed by atoms with van der Waals surface area (Å²) in [4.78, 5) is 0. The van der Waals surface area contributed by atoms with Crippen LogP contribution in [0.15, 0.2) is 30.3 Å². The van der Waals surface area contributed by atoms with Gasteiger partial charge in [0.1, 0.15) is 11.9 Å². The van der Waals surface area contributed by atoms with Gasteiger partial charge in [-0.2, -0.15) is 0 Å². The first-order valence-corrected chi connectivity index (χ1v) is 7.06. The Morgan fingerprint density at radius 2 is 1.84 bits per heavy atom. The van der Waals surface area contributed by atoms with E-state index >= 15 is 0 Å². The van der Waals surface area contributed by atoms with E-state index in [-0.39, 0.29) is 6.10 Å². The third-order valence-corrected chi connectivity index (χ3v) is 4.00. The van der Waals surface area contributed by atoms with E-state index in [0.29, 0.717) is 10.0 Å². The largest absolute Gasteiger partial charge is 0.489 e. The molecule has 0 aromatic heterocycles. The van der Waals surface area contributed by atoms with Crippen LogP contribution in [-0.2, 0) is 6.42 Å². The summed E-state index contributed by atoms with van der Waals surface area (Å²) < 4.78 is 5.94. The first-order valence-electron chi connectivity index (χ1n) is 6.31. The van der Waals surface area contributed by atoms with Crippen LogP contribution in [0.1, 0.15) is 18.1 Å². The molecular formula is C16H14Cl2O. The maximum Gasteiger partial charge on any atom is 0.130 e. The highest BCUT2D eigenvalue weighted by Crippen LogP contribution is 2.44. The summed E-state index contributed by atoms with van der Waals surface area (Å²) in [5.74, 6) is 0.924. The molecule has 0 N–H and O–H groups in total. The summed E-state index contributed by atoms with van der Waals surface area (Å²) in [6, 6.07) is 9.83. The Morgan fingerprint density at radius 3 is 2.53 bits per heavy atom. The van der Waals surface area contributed by atoms with Crippen molar-refractivity contribution in [3.8, 4) is 16.9 Å². The van der Waals surface area contributed by atoms with Gasteiger partial charge in [-0.3, -0.25) is 0 Å². The van der Waals surface area contributed by atoms with Gasteiger partial charge >= 0.3 is 0 Å². The van der Waals surface area contributed by atoms with Crippen molar-refractivity contribution in [3.05, 3.63) is 51.5 Å². The Labute approximate surface area is 123 Å². The molecule has 0 saturated heterocycles. The molecule has 0 spiro atoms. The van der Waals surface area contributed by atoms with Crippen molar-refractivity contribution in [3.63, 3.8) is 0 Å². The third-order valence-electron chi connectivity index (χ3n) is 3.37. The molecule has 1 unspecified atom stereocenters. The number of fused-ring (bicyclic) bond motifs is 1. The van der Waals surface area contributed by atoms with Gasteiger partial charge in [-0.1, -0.05) is 35.3 Å². The second kappa shape index (κ2) is 4.73. The maximum absolute atomic E-state index is 6.31. The van der Waals surface area contributed by atoms with Crippen LogP contribution >= 0.6 is 23.2 Å². The summed E-state index contributed by atoms with van der Waals surface area (Å²) in [5, 5.41) is 1.31. The quantitative estimate of drug-likeness (QED) is 0.694. The topological polar surface area (TPSA) is 9.23 Å². The van der Waals surface area contributed by atoms with E-state index in [1.807, 2.05) is 18.2 Å². The molecule has 3 rings (SSSR count). The molecule has 2 aromatic carbocycles. The van der Waals surface area contributed by atoms with Gasteiger partial charge in [0.15, 0.2) is 0 Å². The van der Waals surface area contributed by atoms with Crippen LogP contribution < -0.4 is 4.74 Å². The lowest BCUT2D eigenvalue weighted by atomic mass is 9.98. The van der Waals surface area contributed by atoms with Crippen LogP contribution in [0.2, 0.25) is 10.0 Å². The highest BCUT2D eigenvalue weighted by molar-refractivity contribution is 6.39. The second-order valence-corrected chi connectivity index (χ2v) is 5.84. The van der Waals surface area contributed by atoms with Gasteiger partial charge in [-0.05, 0) is 43.2 Å². The standard InChI is InChI=1S/C16H14Cl2O/c1-9-6-11-8-10(2)19-16(11)12(7-9)15-13(17)4-3-5-14(15)18/h3-7,10H,8H2,1-2H3. The van der Waals surface area contributed by atoms with E-state index in [0.717, 1.165) is 23.3 Å². The van der Waals surface area contributed by atoms with Gasteiger partial charge in [0.2, 0.25) is 0 Å². The molecule has 0 saturated carbocycles. The van der Waals surface area contributed by atoms with E-state index in [9.17, 15) is 0 Å². The molecule has 0 amide bonds. The minimum atomic E-state index is 0.205. The Morgan fingerprint density at radius 1 is 1.16 bits per heavy atom. The summed E-state index contributed by atoms with van der Waals surface area (Å²) in [6.45, 7) is 4.16. The monoisotopic (exact) mass is 292 g/mol. The zero-order valence-corrected chi connectivity index (χ0v) is 12.3. The number of aryl methyl sites for hydroxylation is 1. The number of hydrogen-bond acceptors (Lipinski definition) is 1. The van der Waals surface area contributed by atoms with Gasteiger partial charge in [-0.15, -0.1) is 0 Å². The summed E-state index contributed by atoms with van der Waals surface area (Å²) in [6.07, 6.45) is 1.14. The molecule has 1 nitrogen and oxygen atoms in total. The lowest BCUT2D eigenvalue weighted by molar-refractivity contribution is 0.255. The Balaban J connectivity index is 2.27. The van der Waals surface area contributed by atoms with Crippen molar-refractivity contribution in [1.82, 2.24) is 0 Å². The average molecular weight is 293 g/mol. The van der Waals surface area contributed by atoms with E-state index in [1.54, 1.807) is 0 Å². The fraction of sp³-hybridized carbons (Fsp3) is 0.250. The maximum atomic E-state index is 6.31. The van der Waals surface area contributed by atoms with E-state index in [4.69, 9.17) is 27.9 Å². The Hall–Kier alpha value is -1.18. The van der Waals surface area contributed by atoms with Crippen LogP contribution in [0.3, 0.4) is 0 Å². The predicted octanol–water partition coefficient (Wildman–Crippen LogP) is 5.29. The summed E-state index contributed by atoms with van der Waals surface area (Å²) in [5.41, 5.74) is 4.29. The summed E-state index contributed by atoms with van der Waals surface area (Å²) in [7, 11) is 0. The third kappa shape index (κ3) is 2.22. The molecule has 98 valence electrons. The predicted molar refractivity (Wildman–Crippen MR) is 80.4 cm³/mol. The van der Waals surface area contributed by atoms with Crippen LogP contribution in [-0.4, -0.2) is 6.10 Å². The minimum absolute atomic E-state index is 0.205. The SMILES string of the molecule is Cc1cc2c(c(-c3c(Cl)cccc3Cl)c1)OC(C)C2. The van der Waals surface area contributed by atoms with Crippen molar-refractivity contribution >= 4 is 23.2 Å². The van der Waals surface area contributed by atoms with Gasteiger partial charge in [-0.25, -0.2) is 0 Å². The van der Waals surface area contributed by atoms with E-state index in [2.05, 4.69) is 26.0 Å². The normalized spacial score (nSPS) is 17.2. The smallest absolute Gasteiger partial charge is 0.130 e. The van der Waals surface area contributed by atoms with Crippen LogP contribution in [0.4, 0.5) is 0 Å². The number of halogens is 2. The number of hydrogen-bond donors (Lipinski definition) is 0. The molecule has 0 fully saturated rings. The zero-order chi connectivity index (χ0) is 13.6. The van der Waals surface area contributed by atoms with Crippen LogP contribution in [0, 0.1) is 6.92 Å². The van der Waals surface area contributed by atoms with E-state index < -0.39 is 0 Å². The lowest BCUT2D eigenvalue weighted by Gasteiger charge is -2.13. The minimum Gasteiger partial charge on any atom is -0.489 e. The molecule has 1 aliphatic heterocycles. The molecule has 0 bridgehead atoms. The Bertz CT molecular complexity index is 629. The van der Waals surface area contributed by atoms with Crippen molar-refractivity contribution in [2.75, 3.05) is 0 Å². The van der Waals surface area contributed by atoms with Crippen molar-refractivity contribution in [2.24, 2.45) is 0 Å². The molecule has 2 aromatic rings. The van der Waals surface area contributed by atoms with Gasteiger partial charge in [0.05, 0.1) is 10.0 Å². The average Bonchev–Trinajstić information content (AvgIpc) is 2.69. The molecule has 0 aliphatic carbocycles. The van der Waals surface area contributed by atoms with E-state index in [1.165, 1.54) is 11.1 Å². The molecule has 1 aliphatic rings. The number of rotatable bonds is 1. The number of ether oxygens (including phenoxy) is 1. The number of benzene rings is 2. The second-order valence-electron chi connectivity index (χ2n) is 5.03. The molecule has 19 heavy (non-hydrogen) atoms. The van der Waals surface area contributed by atoms with Crippen molar-refractivity contribution < 1.29 is 4.74 Å². The fourth-order valence-corrected chi connectivity index (χ4v) is 3.23. The highest BCUT2D eigenvalue weighted by atomic mass is 35.5. The first-order chi connectivity index (χ1) is 9.06. The Kier molecular flexibility index (Phi) is 3.20. The van der Waals surface area contributed by atoms with Gasteiger partial charge in [0.25, 0.3) is 0 Å². The van der Waals surface area contributed by atoms with Crippen molar-refractivity contribution in [1.29, 1.82) is 0 Å². The first kappa shape index (κ1) is 12.8. The molecule has 3 heteroatoms. The van der Waals surface area contributed by atoms with Crippen LogP contribution in [0.25, 0.3) is 11.1 Å². The fourth-order valence-electron chi connectivity index (χ4n) is 2.63. The van der Waals surface area contributed by atoms with Crippen LogP contribution in [0.5, 0.6) is 5.75 Å².